The Bertz CT molecular complexity index is 1700. The van der Waals surface area contributed by atoms with Crippen LogP contribution in [0.1, 0.15) is 32.4 Å². The van der Waals surface area contributed by atoms with E-state index in [0.717, 1.165) is 16.5 Å². The number of rotatable bonds is 5. The maximum Gasteiger partial charge on any atom is 0.335 e. The second-order valence-electron chi connectivity index (χ2n) is 8.41. The summed E-state index contributed by atoms with van der Waals surface area (Å²) >= 11 is 0. The first-order valence-electron chi connectivity index (χ1n) is 11.1. The monoisotopic (exact) mass is 482 g/mol. The smallest absolute Gasteiger partial charge is 0.335 e. The van der Waals surface area contributed by atoms with Crippen LogP contribution in [-0.4, -0.2) is 44.3 Å². The van der Waals surface area contributed by atoms with E-state index < -0.39 is 11.9 Å². The van der Waals surface area contributed by atoms with Gasteiger partial charge in [0.1, 0.15) is 5.75 Å². The number of aromatic nitrogens is 3. The van der Waals surface area contributed by atoms with Crippen molar-refractivity contribution in [3.63, 3.8) is 0 Å². The largest absolute Gasteiger partial charge is 0.497 e. The van der Waals surface area contributed by atoms with Crippen molar-refractivity contribution in [3.05, 3.63) is 78.1 Å². The molecule has 5 aromatic rings. The Morgan fingerprint density at radius 3 is 2.47 bits per heavy atom. The topological polar surface area (TPSA) is 115 Å². The van der Waals surface area contributed by atoms with Crippen molar-refractivity contribution in [2.75, 3.05) is 12.4 Å². The number of carboxylic acid groups (broad SMARTS) is 1. The Morgan fingerprint density at radius 1 is 0.972 bits per heavy atom. The second kappa shape index (κ2) is 8.70. The van der Waals surface area contributed by atoms with Gasteiger partial charge in [-0.2, -0.15) is 5.10 Å². The molecule has 2 N–H and O–H groups in total. The minimum absolute atomic E-state index is 0.0296. The number of nitrogens with one attached hydrogen (secondary N) is 1. The van der Waals surface area contributed by atoms with Gasteiger partial charge in [0.05, 0.1) is 35.5 Å². The number of anilines is 1. The molecule has 0 aliphatic rings. The molecule has 0 fully saturated rings. The minimum atomic E-state index is -1.12. The number of carbonyl (C=O) groups excluding carboxylic acids is 2. The van der Waals surface area contributed by atoms with Crippen molar-refractivity contribution < 1.29 is 24.2 Å². The summed E-state index contributed by atoms with van der Waals surface area (Å²) in [7, 11) is 3.37. The highest BCUT2D eigenvalue weighted by Crippen LogP contribution is 2.30. The van der Waals surface area contributed by atoms with Crippen molar-refractivity contribution in [2.24, 2.45) is 7.05 Å². The Hall–Kier alpha value is -4.92. The number of nitrogens with zero attached hydrogens (tertiary/aromatic N) is 3. The first kappa shape index (κ1) is 22.9. The lowest BCUT2D eigenvalue weighted by atomic mass is 10.0. The molecular formula is C27H22N4O5. The second-order valence-corrected chi connectivity index (χ2v) is 8.41. The van der Waals surface area contributed by atoms with Crippen LogP contribution in [0.15, 0.2) is 67.0 Å². The molecule has 1 amide bonds. The molecule has 36 heavy (non-hydrogen) atoms. The highest BCUT2D eigenvalue weighted by Gasteiger charge is 2.19. The zero-order chi connectivity index (χ0) is 25.6. The lowest BCUT2D eigenvalue weighted by Gasteiger charge is -2.10. The fraction of sp³-hybridized carbons (Fsp3) is 0.111. The van der Waals surface area contributed by atoms with Gasteiger partial charge in [0.2, 0.25) is 5.91 Å². The van der Waals surface area contributed by atoms with Gasteiger partial charge in [-0.25, -0.2) is 4.79 Å². The first-order chi connectivity index (χ1) is 17.2. The van der Waals surface area contributed by atoms with Gasteiger partial charge in [-0.15, -0.1) is 0 Å². The molecule has 0 bridgehead atoms. The summed E-state index contributed by atoms with van der Waals surface area (Å²) in [5, 5.41) is 18.2. The number of hydrogen-bond donors (Lipinski definition) is 2. The van der Waals surface area contributed by atoms with E-state index >= 15 is 0 Å². The van der Waals surface area contributed by atoms with E-state index in [4.69, 9.17) is 4.74 Å². The van der Waals surface area contributed by atoms with Crippen LogP contribution in [-0.2, 0) is 7.05 Å². The number of aryl methyl sites for hydroxylation is 1. The summed E-state index contributed by atoms with van der Waals surface area (Å²) in [5.74, 6) is -1.30. The molecule has 5 rings (SSSR count). The average molecular weight is 482 g/mol. The molecule has 0 aliphatic carbocycles. The highest BCUT2D eigenvalue weighted by atomic mass is 16.5. The SMILES string of the molecule is COc1ccc2c(c1)c(C(=O)Nc1cc(C(=O)O)cc(-c3ccc4c(cnn4C)c3)c1)cn2C(C)=O. The number of benzene rings is 3. The van der Waals surface area contributed by atoms with Crippen LogP contribution in [0.2, 0.25) is 0 Å². The third-order valence-corrected chi connectivity index (χ3v) is 6.11. The number of aromatic carboxylic acids is 1. The van der Waals surface area contributed by atoms with Crippen molar-refractivity contribution in [3.8, 4) is 16.9 Å². The summed E-state index contributed by atoms with van der Waals surface area (Å²) in [4.78, 5) is 37.3. The molecular weight excluding hydrogens is 460 g/mol. The molecule has 180 valence electrons. The summed E-state index contributed by atoms with van der Waals surface area (Å²) in [6.07, 6.45) is 3.21. The number of amides is 1. The third kappa shape index (κ3) is 3.96. The highest BCUT2D eigenvalue weighted by molar-refractivity contribution is 6.15. The van der Waals surface area contributed by atoms with Crippen molar-refractivity contribution >= 4 is 45.3 Å². The molecule has 9 heteroatoms. The minimum Gasteiger partial charge on any atom is -0.497 e. The fourth-order valence-electron chi connectivity index (χ4n) is 4.31. The molecule has 3 aromatic carbocycles. The maximum atomic E-state index is 13.3. The zero-order valence-electron chi connectivity index (χ0n) is 19.8. The predicted molar refractivity (Wildman–Crippen MR) is 136 cm³/mol. The molecule has 0 spiro atoms. The average Bonchev–Trinajstić information content (AvgIpc) is 3.43. The van der Waals surface area contributed by atoms with Crippen LogP contribution >= 0.6 is 0 Å². The number of fused-ring (bicyclic) bond motifs is 2. The molecule has 9 nitrogen and oxygen atoms in total. The van der Waals surface area contributed by atoms with E-state index in [2.05, 4.69) is 10.4 Å². The van der Waals surface area contributed by atoms with E-state index in [1.54, 1.807) is 41.2 Å². The van der Waals surface area contributed by atoms with Crippen LogP contribution in [0.5, 0.6) is 5.75 Å². The zero-order valence-corrected chi connectivity index (χ0v) is 19.8. The molecule has 0 radical (unpaired) electrons. The van der Waals surface area contributed by atoms with Crippen LogP contribution in [0.3, 0.4) is 0 Å². The van der Waals surface area contributed by atoms with E-state index in [9.17, 15) is 19.5 Å². The van der Waals surface area contributed by atoms with Crippen LogP contribution in [0, 0.1) is 0 Å². The Morgan fingerprint density at radius 2 is 1.75 bits per heavy atom. The van der Waals surface area contributed by atoms with Gasteiger partial charge in [-0.1, -0.05) is 6.07 Å². The van der Waals surface area contributed by atoms with Crippen molar-refractivity contribution in [1.29, 1.82) is 0 Å². The number of carbonyl (C=O) groups is 3. The van der Waals surface area contributed by atoms with Gasteiger partial charge in [-0.3, -0.25) is 18.8 Å². The van der Waals surface area contributed by atoms with Crippen molar-refractivity contribution in [1.82, 2.24) is 14.3 Å². The van der Waals surface area contributed by atoms with Crippen LogP contribution < -0.4 is 10.1 Å². The van der Waals surface area contributed by atoms with Gasteiger partial charge in [-0.05, 0) is 59.7 Å². The summed E-state index contributed by atoms with van der Waals surface area (Å²) < 4.78 is 8.44. The Balaban J connectivity index is 1.57. The molecule has 0 saturated heterocycles. The quantitative estimate of drug-likeness (QED) is 0.371. The lowest BCUT2D eigenvalue weighted by Crippen LogP contribution is -2.13. The molecule has 0 aliphatic heterocycles. The molecule has 0 unspecified atom stereocenters. The number of carboxylic acids is 1. The first-order valence-corrected chi connectivity index (χ1v) is 11.1. The maximum absolute atomic E-state index is 13.3. The molecule has 0 atom stereocenters. The third-order valence-electron chi connectivity index (χ3n) is 6.11. The Kier molecular flexibility index (Phi) is 5.52. The van der Waals surface area contributed by atoms with Gasteiger partial charge in [0.15, 0.2) is 0 Å². The van der Waals surface area contributed by atoms with E-state index in [1.807, 2.05) is 25.2 Å². The molecule has 2 heterocycles. The van der Waals surface area contributed by atoms with Gasteiger partial charge in [0.25, 0.3) is 5.91 Å². The summed E-state index contributed by atoms with van der Waals surface area (Å²) in [5.41, 5.74) is 3.53. The van der Waals surface area contributed by atoms with Gasteiger partial charge in [0, 0.05) is 36.6 Å². The number of hydrogen-bond acceptors (Lipinski definition) is 5. The van der Waals surface area contributed by atoms with Crippen LogP contribution in [0.4, 0.5) is 5.69 Å². The van der Waals surface area contributed by atoms with Gasteiger partial charge < -0.3 is 15.2 Å². The Labute approximate surface area is 205 Å². The van der Waals surface area contributed by atoms with Gasteiger partial charge >= 0.3 is 5.97 Å². The fourth-order valence-corrected chi connectivity index (χ4v) is 4.31. The number of ether oxygens (including phenoxy) is 1. The molecule has 0 saturated carbocycles. The van der Waals surface area contributed by atoms with E-state index in [0.29, 0.717) is 27.9 Å². The predicted octanol–water partition coefficient (Wildman–Crippen LogP) is 4.81. The van der Waals surface area contributed by atoms with Crippen LogP contribution in [0.25, 0.3) is 32.9 Å². The van der Waals surface area contributed by atoms with Crippen molar-refractivity contribution in [2.45, 2.75) is 6.92 Å². The summed E-state index contributed by atoms with van der Waals surface area (Å²) in [6.45, 7) is 1.41. The lowest BCUT2D eigenvalue weighted by molar-refractivity contribution is 0.0696. The summed E-state index contributed by atoms with van der Waals surface area (Å²) in [6, 6.07) is 15.5. The standard InChI is InChI=1S/C27H22N4O5/c1-15(32)31-14-23(22-12-21(36-3)5-7-25(22)31)26(33)29-20-10-17(9-18(11-20)27(34)35)16-4-6-24-19(8-16)13-28-30(24)2/h4-14H,1-3H3,(H,29,33)(H,34,35). The van der Waals surface area contributed by atoms with E-state index in [1.165, 1.54) is 30.9 Å². The van der Waals surface area contributed by atoms with E-state index in [-0.39, 0.29) is 17.0 Å². The molecule has 2 aromatic heterocycles. The number of methoxy groups -OCH3 is 1. The normalized spacial score (nSPS) is 11.1.